The summed E-state index contributed by atoms with van der Waals surface area (Å²) in [5.74, 6) is 0.367. The molecule has 0 aliphatic carbocycles. The second-order valence-electron chi connectivity index (χ2n) is 4.05. The predicted octanol–water partition coefficient (Wildman–Crippen LogP) is 1.35. The van der Waals surface area contributed by atoms with Crippen LogP contribution in [0.25, 0.3) is 0 Å². The van der Waals surface area contributed by atoms with E-state index in [4.69, 9.17) is 19.5 Å². The Kier molecular flexibility index (Phi) is 3.47. The molecule has 1 atom stereocenters. The van der Waals surface area contributed by atoms with E-state index in [0.717, 1.165) is 5.56 Å². The number of carbonyl (C=O) groups excluding carboxylic acids is 1. The first-order valence-electron chi connectivity index (χ1n) is 5.68. The number of amides is 1. The molecule has 1 heterocycles. The Bertz CT molecular complexity index is 563. The highest BCUT2D eigenvalue weighted by molar-refractivity contribution is 5.98. The van der Waals surface area contributed by atoms with Crippen molar-refractivity contribution in [1.82, 2.24) is 0 Å². The zero-order chi connectivity index (χ0) is 14.0. The van der Waals surface area contributed by atoms with Gasteiger partial charge in [0, 0.05) is 18.1 Å². The number of methoxy groups -OCH3 is 3. The zero-order valence-corrected chi connectivity index (χ0v) is 10.9. The quantitative estimate of drug-likeness (QED) is 0.889. The largest absolute Gasteiger partial charge is 0.493 e. The highest BCUT2D eigenvalue weighted by Gasteiger charge is 2.31. The number of hydrogen-bond acceptors (Lipinski definition) is 5. The van der Waals surface area contributed by atoms with Crippen molar-refractivity contribution in [2.24, 2.45) is 5.92 Å². The Hall–Kier alpha value is -2.42. The second kappa shape index (κ2) is 5.06. The molecule has 1 aromatic rings. The molecule has 6 heteroatoms. The van der Waals surface area contributed by atoms with Gasteiger partial charge < -0.3 is 19.5 Å². The molecule has 1 N–H and O–H groups in total. The molecule has 0 aromatic heterocycles. The maximum atomic E-state index is 11.7. The standard InChI is InChI=1S/C13H14N2O4/c1-17-10-5-9-8(11(18-2)12(10)19-3)4-7(6-14)13(16)15-9/h5,7H,4H2,1-3H3,(H,15,16). The fraction of sp³-hybridized carbons (Fsp3) is 0.385. The van der Waals surface area contributed by atoms with Crippen molar-refractivity contribution in [3.05, 3.63) is 11.6 Å². The van der Waals surface area contributed by atoms with E-state index < -0.39 is 5.92 Å². The minimum atomic E-state index is -0.723. The Morgan fingerprint density at radius 2 is 1.95 bits per heavy atom. The summed E-state index contributed by atoms with van der Waals surface area (Å²) in [5.41, 5.74) is 1.33. The average molecular weight is 262 g/mol. The molecule has 1 aliphatic heterocycles. The van der Waals surface area contributed by atoms with Crippen LogP contribution in [0.5, 0.6) is 17.2 Å². The van der Waals surface area contributed by atoms with Gasteiger partial charge in [-0.05, 0) is 0 Å². The van der Waals surface area contributed by atoms with Crippen LogP contribution in [0.15, 0.2) is 6.07 Å². The third kappa shape index (κ3) is 2.03. The van der Waals surface area contributed by atoms with Crippen molar-refractivity contribution in [2.45, 2.75) is 6.42 Å². The van der Waals surface area contributed by atoms with Crippen molar-refractivity contribution >= 4 is 11.6 Å². The van der Waals surface area contributed by atoms with Crippen LogP contribution >= 0.6 is 0 Å². The van der Waals surface area contributed by atoms with Gasteiger partial charge in [0.25, 0.3) is 0 Å². The number of nitriles is 1. The van der Waals surface area contributed by atoms with E-state index in [1.54, 1.807) is 6.07 Å². The molecule has 0 saturated carbocycles. The number of nitrogens with zero attached hydrogens (tertiary/aromatic N) is 1. The molecule has 6 nitrogen and oxygen atoms in total. The van der Waals surface area contributed by atoms with Gasteiger partial charge in [0.05, 0.1) is 33.1 Å². The molecule has 1 aromatic carbocycles. The molecule has 0 saturated heterocycles. The number of anilines is 1. The topological polar surface area (TPSA) is 80.6 Å². The smallest absolute Gasteiger partial charge is 0.242 e. The van der Waals surface area contributed by atoms with Gasteiger partial charge in [0.2, 0.25) is 11.7 Å². The lowest BCUT2D eigenvalue weighted by atomic mass is 9.93. The molecule has 19 heavy (non-hydrogen) atoms. The summed E-state index contributed by atoms with van der Waals surface area (Å²) in [6.45, 7) is 0. The predicted molar refractivity (Wildman–Crippen MR) is 67.5 cm³/mol. The van der Waals surface area contributed by atoms with Gasteiger partial charge in [0.15, 0.2) is 11.5 Å². The lowest BCUT2D eigenvalue weighted by molar-refractivity contribution is -0.118. The highest BCUT2D eigenvalue weighted by atomic mass is 16.5. The molecule has 0 fully saturated rings. The fourth-order valence-electron chi connectivity index (χ4n) is 2.15. The monoisotopic (exact) mass is 262 g/mol. The van der Waals surface area contributed by atoms with Crippen molar-refractivity contribution in [3.8, 4) is 23.3 Å². The summed E-state index contributed by atoms with van der Waals surface area (Å²) >= 11 is 0. The van der Waals surface area contributed by atoms with Crippen LogP contribution in [0.1, 0.15) is 5.56 Å². The van der Waals surface area contributed by atoms with Crippen molar-refractivity contribution in [2.75, 3.05) is 26.6 Å². The number of rotatable bonds is 3. The van der Waals surface area contributed by atoms with Gasteiger partial charge in [-0.3, -0.25) is 4.79 Å². The zero-order valence-electron chi connectivity index (χ0n) is 10.9. The molecular formula is C13H14N2O4. The van der Waals surface area contributed by atoms with E-state index >= 15 is 0 Å². The maximum absolute atomic E-state index is 11.7. The second-order valence-corrected chi connectivity index (χ2v) is 4.05. The van der Waals surface area contributed by atoms with Gasteiger partial charge >= 0.3 is 0 Å². The molecule has 1 amide bonds. The van der Waals surface area contributed by atoms with Crippen LogP contribution in [0.4, 0.5) is 5.69 Å². The number of ether oxygens (including phenoxy) is 3. The molecule has 100 valence electrons. The van der Waals surface area contributed by atoms with E-state index in [2.05, 4.69) is 5.32 Å². The third-order valence-electron chi connectivity index (χ3n) is 3.07. The molecular weight excluding hydrogens is 248 g/mol. The number of carbonyl (C=O) groups is 1. The lowest BCUT2D eigenvalue weighted by Gasteiger charge is -2.25. The van der Waals surface area contributed by atoms with Gasteiger partial charge in [-0.1, -0.05) is 0 Å². The first kappa shape index (κ1) is 13.0. The SMILES string of the molecule is COc1cc2c(c(OC)c1OC)CC(C#N)C(=O)N2. The Balaban J connectivity index is 2.62. The van der Waals surface area contributed by atoms with E-state index in [1.165, 1.54) is 21.3 Å². The summed E-state index contributed by atoms with van der Waals surface area (Å²) < 4.78 is 15.8. The fourth-order valence-corrected chi connectivity index (χ4v) is 2.15. The van der Waals surface area contributed by atoms with Crippen molar-refractivity contribution < 1.29 is 19.0 Å². The normalized spacial score (nSPS) is 16.9. The summed E-state index contributed by atoms with van der Waals surface area (Å²) in [6, 6.07) is 3.64. The Labute approximate surface area is 110 Å². The number of hydrogen-bond donors (Lipinski definition) is 1. The van der Waals surface area contributed by atoms with E-state index in [9.17, 15) is 4.79 Å². The van der Waals surface area contributed by atoms with Crippen molar-refractivity contribution in [3.63, 3.8) is 0 Å². The van der Waals surface area contributed by atoms with E-state index in [0.29, 0.717) is 29.4 Å². The van der Waals surface area contributed by atoms with Crippen LogP contribution in [0.3, 0.4) is 0 Å². The van der Waals surface area contributed by atoms with Gasteiger partial charge in [-0.2, -0.15) is 5.26 Å². The number of benzene rings is 1. The Morgan fingerprint density at radius 1 is 1.26 bits per heavy atom. The van der Waals surface area contributed by atoms with E-state index in [1.807, 2.05) is 6.07 Å². The number of nitrogens with one attached hydrogen (secondary N) is 1. The minimum Gasteiger partial charge on any atom is -0.493 e. The lowest BCUT2D eigenvalue weighted by Crippen LogP contribution is -2.29. The van der Waals surface area contributed by atoms with Gasteiger partial charge in [-0.15, -0.1) is 0 Å². The summed E-state index contributed by atoms with van der Waals surface area (Å²) in [5, 5.41) is 11.7. The minimum absolute atomic E-state index is 0.293. The maximum Gasteiger partial charge on any atom is 0.242 e. The van der Waals surface area contributed by atoms with E-state index in [-0.39, 0.29) is 5.91 Å². The average Bonchev–Trinajstić information content (AvgIpc) is 2.44. The van der Waals surface area contributed by atoms with Gasteiger partial charge in [0.1, 0.15) is 5.92 Å². The first-order chi connectivity index (χ1) is 9.15. The van der Waals surface area contributed by atoms with Crippen LogP contribution in [0.2, 0.25) is 0 Å². The molecule has 0 bridgehead atoms. The van der Waals surface area contributed by atoms with Gasteiger partial charge in [-0.25, -0.2) is 0 Å². The van der Waals surface area contributed by atoms with Crippen LogP contribution in [-0.2, 0) is 11.2 Å². The third-order valence-corrected chi connectivity index (χ3v) is 3.07. The molecule has 1 unspecified atom stereocenters. The highest BCUT2D eigenvalue weighted by Crippen LogP contribution is 2.46. The first-order valence-corrected chi connectivity index (χ1v) is 5.68. The Morgan fingerprint density at radius 3 is 2.47 bits per heavy atom. The summed E-state index contributed by atoms with van der Waals surface area (Å²) in [7, 11) is 4.53. The van der Waals surface area contributed by atoms with Crippen molar-refractivity contribution in [1.29, 1.82) is 5.26 Å². The van der Waals surface area contributed by atoms with Crippen LogP contribution in [-0.4, -0.2) is 27.2 Å². The molecule has 0 radical (unpaired) electrons. The molecule has 0 spiro atoms. The van der Waals surface area contributed by atoms with Crippen LogP contribution in [0, 0.1) is 17.2 Å². The summed E-state index contributed by atoms with van der Waals surface area (Å²) in [6.07, 6.45) is 0.293. The van der Waals surface area contributed by atoms with Crippen LogP contribution < -0.4 is 19.5 Å². The molecule has 1 aliphatic rings. The summed E-state index contributed by atoms with van der Waals surface area (Å²) in [4.78, 5) is 11.7. The number of fused-ring (bicyclic) bond motifs is 1. The molecule has 2 rings (SSSR count).